The molecule has 1 unspecified atom stereocenters. The molecule has 0 N–H and O–H groups in total. The van der Waals surface area contributed by atoms with E-state index in [-0.39, 0.29) is 0 Å². The molecule has 2 heterocycles. The Morgan fingerprint density at radius 3 is 3.00 bits per heavy atom. The highest BCUT2D eigenvalue weighted by Crippen LogP contribution is 2.25. The first kappa shape index (κ1) is 11.2. The van der Waals surface area contributed by atoms with Crippen LogP contribution in [-0.4, -0.2) is 24.0 Å². The average molecular weight is 290 g/mol. The molecule has 1 fully saturated rings. The quantitative estimate of drug-likeness (QED) is 0.777. The molecule has 82 valence electrons. The maximum Gasteiger partial charge on any atom is 0.128 e. The average Bonchev–Trinajstić information content (AvgIpc) is 2.70. The molecule has 0 aliphatic carbocycles. The molecule has 2 nitrogen and oxygen atoms in total. The standard InChI is InChI=1S/C11H14BrClN2/c1-8-10(12)2-3-11(14-8)15-5-4-9(6-13)7-15/h2-3,9H,4-7H2,1H3. The van der Waals surface area contributed by atoms with E-state index in [0.29, 0.717) is 5.92 Å². The van der Waals surface area contributed by atoms with Crippen LogP contribution in [0, 0.1) is 12.8 Å². The Balaban J connectivity index is 2.13. The molecule has 1 aromatic rings. The van der Waals surface area contributed by atoms with E-state index >= 15 is 0 Å². The first-order valence-electron chi connectivity index (χ1n) is 5.14. The summed E-state index contributed by atoms with van der Waals surface area (Å²) in [5.74, 6) is 2.45. The SMILES string of the molecule is Cc1nc(N2CCC(CCl)C2)ccc1Br. The van der Waals surface area contributed by atoms with Gasteiger partial charge in [0.15, 0.2) is 0 Å². The summed E-state index contributed by atoms with van der Waals surface area (Å²) in [7, 11) is 0. The molecule has 1 atom stereocenters. The molecule has 0 bridgehead atoms. The van der Waals surface area contributed by atoms with Crippen LogP contribution in [0.5, 0.6) is 0 Å². The van der Waals surface area contributed by atoms with Crippen LogP contribution in [0.25, 0.3) is 0 Å². The summed E-state index contributed by atoms with van der Waals surface area (Å²) < 4.78 is 1.07. The zero-order chi connectivity index (χ0) is 10.8. The second-order valence-corrected chi connectivity index (χ2v) is 5.15. The van der Waals surface area contributed by atoms with Crippen molar-refractivity contribution in [3.63, 3.8) is 0 Å². The number of nitrogens with zero attached hydrogens (tertiary/aromatic N) is 2. The van der Waals surface area contributed by atoms with Crippen molar-refractivity contribution in [2.75, 3.05) is 23.9 Å². The summed E-state index contributed by atoms with van der Waals surface area (Å²) in [5.41, 5.74) is 1.04. The molecular formula is C11H14BrClN2. The summed E-state index contributed by atoms with van der Waals surface area (Å²) in [6.07, 6.45) is 1.18. The normalized spacial score (nSPS) is 21.0. The van der Waals surface area contributed by atoms with E-state index < -0.39 is 0 Å². The molecule has 1 saturated heterocycles. The largest absolute Gasteiger partial charge is 0.356 e. The van der Waals surface area contributed by atoms with Gasteiger partial charge in [-0.3, -0.25) is 0 Å². The molecule has 0 spiro atoms. The van der Waals surface area contributed by atoms with Gasteiger partial charge in [-0.15, -0.1) is 11.6 Å². The number of hydrogen-bond donors (Lipinski definition) is 0. The molecule has 15 heavy (non-hydrogen) atoms. The number of halogens is 2. The van der Waals surface area contributed by atoms with E-state index in [2.05, 4.69) is 37.9 Å². The number of aromatic nitrogens is 1. The Bertz CT molecular complexity index is 356. The summed E-state index contributed by atoms with van der Waals surface area (Å²) in [4.78, 5) is 6.87. The smallest absolute Gasteiger partial charge is 0.128 e. The van der Waals surface area contributed by atoms with Gasteiger partial charge < -0.3 is 4.90 Å². The Hall–Kier alpha value is -0.280. The Kier molecular flexibility index (Phi) is 3.52. The summed E-state index contributed by atoms with van der Waals surface area (Å²) in [6.45, 7) is 4.13. The van der Waals surface area contributed by atoms with Crippen LogP contribution in [0.15, 0.2) is 16.6 Å². The minimum atomic E-state index is 0.623. The molecule has 1 aliphatic rings. The Morgan fingerprint density at radius 1 is 1.60 bits per heavy atom. The lowest BCUT2D eigenvalue weighted by Gasteiger charge is -2.17. The lowest BCUT2D eigenvalue weighted by atomic mass is 10.2. The minimum Gasteiger partial charge on any atom is -0.356 e. The number of hydrogen-bond acceptors (Lipinski definition) is 2. The molecule has 0 amide bonds. The van der Waals surface area contributed by atoms with Gasteiger partial charge in [-0.2, -0.15) is 0 Å². The van der Waals surface area contributed by atoms with Gasteiger partial charge in [0.05, 0.1) is 5.69 Å². The van der Waals surface area contributed by atoms with Crippen molar-refractivity contribution in [3.05, 3.63) is 22.3 Å². The predicted octanol–water partition coefficient (Wildman–Crippen LogP) is 3.22. The van der Waals surface area contributed by atoms with Crippen LogP contribution >= 0.6 is 27.5 Å². The van der Waals surface area contributed by atoms with Crippen molar-refractivity contribution in [2.24, 2.45) is 5.92 Å². The molecule has 0 saturated carbocycles. The van der Waals surface area contributed by atoms with Crippen LogP contribution in [0.3, 0.4) is 0 Å². The van der Waals surface area contributed by atoms with E-state index in [1.54, 1.807) is 0 Å². The van der Waals surface area contributed by atoms with Crippen molar-refractivity contribution in [2.45, 2.75) is 13.3 Å². The van der Waals surface area contributed by atoms with Crippen LogP contribution in [-0.2, 0) is 0 Å². The van der Waals surface area contributed by atoms with Gasteiger partial charge in [0.1, 0.15) is 5.82 Å². The van der Waals surface area contributed by atoms with Gasteiger partial charge in [-0.1, -0.05) is 0 Å². The number of pyridine rings is 1. The number of aryl methyl sites for hydroxylation is 1. The van der Waals surface area contributed by atoms with Crippen LogP contribution < -0.4 is 4.90 Å². The molecular weight excluding hydrogens is 275 g/mol. The van der Waals surface area contributed by atoms with Gasteiger partial charge in [-0.05, 0) is 47.3 Å². The van der Waals surface area contributed by atoms with Gasteiger partial charge in [-0.25, -0.2) is 4.98 Å². The fourth-order valence-corrected chi connectivity index (χ4v) is 2.35. The number of anilines is 1. The zero-order valence-electron chi connectivity index (χ0n) is 8.71. The third-order valence-electron chi connectivity index (χ3n) is 2.83. The zero-order valence-corrected chi connectivity index (χ0v) is 11.1. The van der Waals surface area contributed by atoms with Crippen molar-refractivity contribution < 1.29 is 0 Å². The van der Waals surface area contributed by atoms with Crippen molar-refractivity contribution in [3.8, 4) is 0 Å². The minimum absolute atomic E-state index is 0.623. The fraction of sp³-hybridized carbons (Fsp3) is 0.545. The van der Waals surface area contributed by atoms with E-state index in [1.807, 2.05) is 6.92 Å². The predicted molar refractivity (Wildman–Crippen MR) is 67.7 cm³/mol. The Labute approximate surface area is 104 Å². The van der Waals surface area contributed by atoms with E-state index in [0.717, 1.165) is 35.0 Å². The van der Waals surface area contributed by atoms with Crippen molar-refractivity contribution >= 4 is 33.3 Å². The summed E-state index contributed by atoms with van der Waals surface area (Å²) >= 11 is 9.32. The van der Waals surface area contributed by atoms with E-state index in [1.165, 1.54) is 6.42 Å². The maximum atomic E-state index is 5.86. The molecule has 0 aromatic carbocycles. The third kappa shape index (κ3) is 2.45. The van der Waals surface area contributed by atoms with Crippen LogP contribution in [0.4, 0.5) is 5.82 Å². The lowest BCUT2D eigenvalue weighted by molar-refractivity contribution is 0.666. The first-order valence-corrected chi connectivity index (χ1v) is 6.47. The van der Waals surface area contributed by atoms with Gasteiger partial charge in [0.2, 0.25) is 0 Å². The number of alkyl halides is 1. The third-order valence-corrected chi connectivity index (χ3v) is 4.11. The highest BCUT2D eigenvalue weighted by atomic mass is 79.9. The monoisotopic (exact) mass is 288 g/mol. The second kappa shape index (κ2) is 4.71. The second-order valence-electron chi connectivity index (χ2n) is 3.99. The Morgan fingerprint density at radius 2 is 2.40 bits per heavy atom. The first-order chi connectivity index (χ1) is 7.20. The van der Waals surface area contributed by atoms with Crippen LogP contribution in [0.1, 0.15) is 12.1 Å². The fourth-order valence-electron chi connectivity index (χ4n) is 1.87. The maximum absolute atomic E-state index is 5.86. The number of rotatable bonds is 2. The van der Waals surface area contributed by atoms with Gasteiger partial charge >= 0.3 is 0 Å². The molecule has 4 heteroatoms. The van der Waals surface area contributed by atoms with E-state index in [4.69, 9.17) is 11.6 Å². The van der Waals surface area contributed by atoms with Crippen LogP contribution in [0.2, 0.25) is 0 Å². The van der Waals surface area contributed by atoms with Gasteiger partial charge in [0.25, 0.3) is 0 Å². The highest BCUT2D eigenvalue weighted by molar-refractivity contribution is 9.10. The van der Waals surface area contributed by atoms with E-state index in [9.17, 15) is 0 Å². The molecule has 2 rings (SSSR count). The molecule has 0 radical (unpaired) electrons. The van der Waals surface area contributed by atoms with Crippen molar-refractivity contribution in [1.29, 1.82) is 0 Å². The van der Waals surface area contributed by atoms with Gasteiger partial charge in [0, 0.05) is 23.4 Å². The highest BCUT2D eigenvalue weighted by Gasteiger charge is 2.22. The van der Waals surface area contributed by atoms with Crippen molar-refractivity contribution in [1.82, 2.24) is 4.98 Å². The lowest BCUT2D eigenvalue weighted by Crippen LogP contribution is -2.21. The topological polar surface area (TPSA) is 16.1 Å². The molecule has 1 aliphatic heterocycles. The molecule has 1 aromatic heterocycles. The summed E-state index contributed by atoms with van der Waals surface area (Å²) in [6, 6.07) is 4.12. The summed E-state index contributed by atoms with van der Waals surface area (Å²) in [5, 5.41) is 0.